The zero-order valence-corrected chi connectivity index (χ0v) is 16.7. The lowest BCUT2D eigenvalue weighted by Gasteiger charge is -2.35. The number of hydrogen-bond acceptors (Lipinski definition) is 4. The summed E-state index contributed by atoms with van der Waals surface area (Å²) in [5.41, 5.74) is 1.11. The van der Waals surface area contributed by atoms with Crippen LogP contribution in [-0.2, 0) is 6.42 Å². The van der Waals surface area contributed by atoms with Gasteiger partial charge in [-0.3, -0.25) is 9.98 Å². The van der Waals surface area contributed by atoms with Gasteiger partial charge in [-0.15, -0.1) is 0 Å². The standard InChI is InChI=1S/C20H36N6/c1-4-21-20(23-11-9-19-8-6-7-10-22-19)24-16-18(3)17-26-14-12-25(5-2)13-15-26/h6-8,10,18H,4-5,9,11-17H2,1-3H3,(H2,21,23,24). The van der Waals surface area contributed by atoms with E-state index in [1.807, 2.05) is 18.3 Å². The highest BCUT2D eigenvalue weighted by Crippen LogP contribution is 2.06. The van der Waals surface area contributed by atoms with Crippen LogP contribution >= 0.6 is 0 Å². The summed E-state index contributed by atoms with van der Waals surface area (Å²) in [6.07, 6.45) is 2.75. The van der Waals surface area contributed by atoms with Crippen molar-refractivity contribution in [3.8, 4) is 0 Å². The number of pyridine rings is 1. The van der Waals surface area contributed by atoms with Gasteiger partial charge in [-0.05, 0) is 31.5 Å². The van der Waals surface area contributed by atoms with Gasteiger partial charge >= 0.3 is 0 Å². The number of likely N-dealkylation sites (N-methyl/N-ethyl adjacent to an activating group) is 1. The molecule has 1 atom stereocenters. The molecule has 6 nitrogen and oxygen atoms in total. The molecule has 0 spiro atoms. The fourth-order valence-corrected chi connectivity index (χ4v) is 3.23. The van der Waals surface area contributed by atoms with Crippen molar-refractivity contribution in [3.63, 3.8) is 0 Å². The van der Waals surface area contributed by atoms with Crippen LogP contribution in [0.2, 0.25) is 0 Å². The van der Waals surface area contributed by atoms with Crippen molar-refractivity contribution in [1.82, 2.24) is 25.4 Å². The number of hydrogen-bond donors (Lipinski definition) is 2. The molecule has 146 valence electrons. The first kappa shape index (κ1) is 20.6. The van der Waals surface area contributed by atoms with E-state index in [1.54, 1.807) is 0 Å². The van der Waals surface area contributed by atoms with Crippen LogP contribution in [0, 0.1) is 5.92 Å². The highest BCUT2D eigenvalue weighted by atomic mass is 15.3. The molecule has 1 unspecified atom stereocenters. The topological polar surface area (TPSA) is 55.8 Å². The fraction of sp³-hybridized carbons (Fsp3) is 0.700. The van der Waals surface area contributed by atoms with Gasteiger partial charge in [0.25, 0.3) is 0 Å². The van der Waals surface area contributed by atoms with Crippen molar-refractivity contribution in [2.45, 2.75) is 27.2 Å². The highest BCUT2D eigenvalue weighted by molar-refractivity contribution is 5.79. The minimum Gasteiger partial charge on any atom is -0.357 e. The Labute approximate surface area is 159 Å². The Bertz CT molecular complexity index is 510. The molecule has 0 aromatic carbocycles. The summed E-state index contributed by atoms with van der Waals surface area (Å²) in [6.45, 7) is 16.3. The van der Waals surface area contributed by atoms with E-state index in [4.69, 9.17) is 4.99 Å². The average molecular weight is 361 g/mol. The van der Waals surface area contributed by atoms with Crippen molar-refractivity contribution in [2.75, 3.05) is 58.9 Å². The number of nitrogens with one attached hydrogen (secondary N) is 2. The summed E-state index contributed by atoms with van der Waals surface area (Å²) in [5, 5.41) is 6.76. The number of nitrogens with zero attached hydrogens (tertiary/aromatic N) is 4. The maximum Gasteiger partial charge on any atom is 0.191 e. The zero-order valence-electron chi connectivity index (χ0n) is 16.7. The Morgan fingerprint density at radius 1 is 1.15 bits per heavy atom. The smallest absolute Gasteiger partial charge is 0.191 e. The second-order valence-corrected chi connectivity index (χ2v) is 7.06. The molecule has 0 radical (unpaired) electrons. The van der Waals surface area contributed by atoms with Crippen molar-refractivity contribution < 1.29 is 0 Å². The predicted molar refractivity (Wildman–Crippen MR) is 110 cm³/mol. The number of guanidine groups is 1. The maximum atomic E-state index is 4.78. The van der Waals surface area contributed by atoms with Gasteiger partial charge in [-0.1, -0.05) is 19.9 Å². The van der Waals surface area contributed by atoms with Crippen molar-refractivity contribution in [1.29, 1.82) is 0 Å². The third-order valence-corrected chi connectivity index (χ3v) is 4.79. The van der Waals surface area contributed by atoms with Crippen molar-refractivity contribution >= 4 is 5.96 Å². The molecule has 1 aliphatic heterocycles. The van der Waals surface area contributed by atoms with Gasteiger partial charge in [0.2, 0.25) is 0 Å². The summed E-state index contributed by atoms with van der Waals surface area (Å²) in [5.74, 6) is 1.47. The summed E-state index contributed by atoms with van der Waals surface area (Å²) in [7, 11) is 0. The van der Waals surface area contributed by atoms with E-state index in [-0.39, 0.29) is 0 Å². The normalized spacial score (nSPS) is 17.9. The summed E-state index contributed by atoms with van der Waals surface area (Å²) >= 11 is 0. The number of rotatable bonds is 9. The lowest BCUT2D eigenvalue weighted by atomic mass is 10.1. The van der Waals surface area contributed by atoms with E-state index in [2.05, 4.69) is 52.3 Å². The molecular formula is C20H36N6. The lowest BCUT2D eigenvalue weighted by molar-refractivity contribution is 0.125. The van der Waals surface area contributed by atoms with Gasteiger partial charge in [0.05, 0.1) is 0 Å². The predicted octanol–water partition coefficient (Wildman–Crippen LogP) is 1.45. The van der Waals surface area contributed by atoms with Gasteiger partial charge in [0.1, 0.15) is 0 Å². The second kappa shape index (κ2) is 11.9. The van der Waals surface area contributed by atoms with Gasteiger partial charge in [0.15, 0.2) is 5.96 Å². The van der Waals surface area contributed by atoms with E-state index in [9.17, 15) is 0 Å². The first-order chi connectivity index (χ1) is 12.7. The summed E-state index contributed by atoms with van der Waals surface area (Å²) in [6, 6.07) is 6.04. The molecule has 0 aliphatic carbocycles. The SMILES string of the molecule is CCNC(=NCC(C)CN1CCN(CC)CC1)NCCc1ccccn1. The van der Waals surface area contributed by atoms with Crippen LogP contribution in [0.5, 0.6) is 0 Å². The Morgan fingerprint density at radius 2 is 1.92 bits per heavy atom. The largest absolute Gasteiger partial charge is 0.357 e. The van der Waals surface area contributed by atoms with Crippen LogP contribution in [0.25, 0.3) is 0 Å². The van der Waals surface area contributed by atoms with Crippen molar-refractivity contribution in [2.24, 2.45) is 10.9 Å². The maximum absolute atomic E-state index is 4.78. The van der Waals surface area contributed by atoms with Crippen LogP contribution in [0.3, 0.4) is 0 Å². The van der Waals surface area contributed by atoms with Crippen LogP contribution < -0.4 is 10.6 Å². The zero-order chi connectivity index (χ0) is 18.6. The first-order valence-corrected chi connectivity index (χ1v) is 10.1. The highest BCUT2D eigenvalue weighted by Gasteiger charge is 2.17. The van der Waals surface area contributed by atoms with E-state index in [0.717, 1.165) is 44.3 Å². The Hall–Kier alpha value is -1.66. The van der Waals surface area contributed by atoms with Crippen LogP contribution in [-0.4, -0.2) is 79.6 Å². The molecule has 2 heterocycles. The van der Waals surface area contributed by atoms with Crippen LogP contribution in [0.15, 0.2) is 29.4 Å². The van der Waals surface area contributed by atoms with E-state index >= 15 is 0 Å². The molecule has 1 aromatic rings. The molecule has 2 N–H and O–H groups in total. The average Bonchev–Trinajstić information content (AvgIpc) is 2.67. The quantitative estimate of drug-likeness (QED) is 0.516. The van der Waals surface area contributed by atoms with Crippen molar-refractivity contribution in [3.05, 3.63) is 30.1 Å². The Kier molecular flexibility index (Phi) is 9.42. The Balaban J connectivity index is 1.71. The molecule has 2 rings (SSSR count). The van der Waals surface area contributed by atoms with Crippen LogP contribution in [0.4, 0.5) is 0 Å². The minimum atomic E-state index is 0.564. The van der Waals surface area contributed by atoms with Gasteiger partial charge in [-0.25, -0.2) is 0 Å². The van der Waals surface area contributed by atoms with E-state index in [0.29, 0.717) is 5.92 Å². The lowest BCUT2D eigenvalue weighted by Crippen LogP contribution is -2.47. The molecule has 26 heavy (non-hydrogen) atoms. The number of aliphatic imine (C=N–C) groups is 1. The number of piperazine rings is 1. The molecular weight excluding hydrogens is 324 g/mol. The third kappa shape index (κ3) is 7.70. The molecule has 6 heteroatoms. The monoisotopic (exact) mass is 360 g/mol. The molecule has 1 saturated heterocycles. The minimum absolute atomic E-state index is 0.564. The first-order valence-electron chi connectivity index (χ1n) is 10.1. The number of aromatic nitrogens is 1. The summed E-state index contributed by atoms with van der Waals surface area (Å²) in [4.78, 5) is 14.2. The molecule has 0 amide bonds. The summed E-state index contributed by atoms with van der Waals surface area (Å²) < 4.78 is 0. The molecule has 0 saturated carbocycles. The molecule has 1 aliphatic rings. The molecule has 1 fully saturated rings. The van der Waals surface area contributed by atoms with Gasteiger partial charge in [0, 0.05) is 70.7 Å². The Morgan fingerprint density at radius 3 is 2.58 bits per heavy atom. The molecule has 1 aromatic heterocycles. The van der Waals surface area contributed by atoms with Crippen LogP contribution in [0.1, 0.15) is 26.5 Å². The third-order valence-electron chi connectivity index (χ3n) is 4.79. The van der Waals surface area contributed by atoms with Gasteiger partial charge < -0.3 is 20.4 Å². The van der Waals surface area contributed by atoms with Gasteiger partial charge in [-0.2, -0.15) is 0 Å². The second-order valence-electron chi connectivity index (χ2n) is 7.06. The van der Waals surface area contributed by atoms with E-state index in [1.165, 1.54) is 32.7 Å². The van der Waals surface area contributed by atoms with E-state index < -0.39 is 0 Å². The molecule has 0 bridgehead atoms. The fourth-order valence-electron chi connectivity index (χ4n) is 3.23.